The Morgan fingerprint density at radius 3 is 2.90 bits per heavy atom. The number of primary amides is 1. The van der Waals surface area contributed by atoms with Crippen molar-refractivity contribution in [3.8, 4) is 11.3 Å². The van der Waals surface area contributed by atoms with Crippen molar-refractivity contribution in [3.63, 3.8) is 0 Å². The number of hydrogen-bond acceptors (Lipinski definition) is 3. The van der Waals surface area contributed by atoms with Crippen LogP contribution in [0.25, 0.3) is 11.3 Å². The molecule has 2 aliphatic rings. The van der Waals surface area contributed by atoms with Crippen LogP contribution in [0, 0.1) is 5.41 Å². The van der Waals surface area contributed by atoms with Crippen molar-refractivity contribution in [1.82, 2.24) is 9.55 Å². The number of fused-ring (bicyclic) bond motifs is 3. The van der Waals surface area contributed by atoms with Crippen LogP contribution in [0.4, 0.5) is 0 Å². The molecule has 102 valence electrons. The van der Waals surface area contributed by atoms with Crippen LogP contribution in [0.2, 0.25) is 0 Å². The third-order valence-electron chi connectivity index (χ3n) is 4.67. The zero-order valence-corrected chi connectivity index (χ0v) is 10.9. The van der Waals surface area contributed by atoms with E-state index in [1.54, 1.807) is 12.5 Å². The number of aliphatic hydroxyl groups is 1. The van der Waals surface area contributed by atoms with Gasteiger partial charge in [0.2, 0.25) is 5.91 Å². The van der Waals surface area contributed by atoms with Crippen molar-refractivity contribution < 1.29 is 9.90 Å². The molecule has 0 spiro atoms. The molecule has 0 saturated heterocycles. The van der Waals surface area contributed by atoms with Crippen LogP contribution in [0.5, 0.6) is 0 Å². The lowest BCUT2D eigenvalue weighted by Crippen LogP contribution is -2.40. The highest BCUT2D eigenvalue weighted by Crippen LogP contribution is 2.54. The fourth-order valence-corrected chi connectivity index (χ4v) is 3.32. The summed E-state index contributed by atoms with van der Waals surface area (Å²) in [6.45, 7) is 0. The maximum absolute atomic E-state index is 11.7. The molecule has 2 unspecified atom stereocenters. The van der Waals surface area contributed by atoms with Crippen molar-refractivity contribution in [3.05, 3.63) is 42.4 Å². The SMILES string of the molecule is NC(=O)C1(C(O)C2c3ccccc3-c3cncn32)CC1. The summed E-state index contributed by atoms with van der Waals surface area (Å²) in [7, 11) is 0. The number of aromatic nitrogens is 2. The van der Waals surface area contributed by atoms with E-state index in [1.807, 2.05) is 28.8 Å². The monoisotopic (exact) mass is 269 g/mol. The van der Waals surface area contributed by atoms with Gasteiger partial charge >= 0.3 is 0 Å². The van der Waals surface area contributed by atoms with Gasteiger partial charge in [-0.05, 0) is 18.4 Å². The second kappa shape index (κ2) is 3.70. The number of carbonyl (C=O) groups is 1. The minimum Gasteiger partial charge on any atom is -0.389 e. The molecule has 1 fully saturated rings. The molecule has 5 heteroatoms. The molecule has 3 N–H and O–H groups in total. The Hall–Kier alpha value is -2.14. The maximum atomic E-state index is 11.7. The summed E-state index contributed by atoms with van der Waals surface area (Å²) in [6, 6.07) is 7.64. The highest BCUT2D eigenvalue weighted by atomic mass is 16.3. The van der Waals surface area contributed by atoms with Crippen molar-refractivity contribution in [2.75, 3.05) is 0 Å². The second-order valence-corrected chi connectivity index (χ2v) is 5.68. The van der Waals surface area contributed by atoms with Crippen LogP contribution < -0.4 is 5.73 Å². The number of benzene rings is 1. The Balaban J connectivity index is 1.85. The normalized spacial score (nSPS) is 22.9. The molecule has 2 aromatic rings. The Kier molecular flexibility index (Phi) is 2.16. The molecular weight excluding hydrogens is 254 g/mol. The highest BCUT2D eigenvalue weighted by molar-refractivity contribution is 5.85. The van der Waals surface area contributed by atoms with E-state index >= 15 is 0 Å². The van der Waals surface area contributed by atoms with E-state index in [0.717, 1.165) is 16.8 Å². The molecule has 20 heavy (non-hydrogen) atoms. The molecule has 1 saturated carbocycles. The topological polar surface area (TPSA) is 81.1 Å². The number of amides is 1. The fourth-order valence-electron chi connectivity index (χ4n) is 3.32. The van der Waals surface area contributed by atoms with Crippen molar-refractivity contribution in [1.29, 1.82) is 0 Å². The lowest BCUT2D eigenvalue weighted by atomic mass is 9.88. The van der Waals surface area contributed by atoms with Crippen molar-refractivity contribution >= 4 is 5.91 Å². The van der Waals surface area contributed by atoms with Crippen LogP contribution in [0.3, 0.4) is 0 Å². The van der Waals surface area contributed by atoms with E-state index in [4.69, 9.17) is 5.73 Å². The van der Waals surface area contributed by atoms with Crippen LogP contribution >= 0.6 is 0 Å². The fraction of sp³-hybridized carbons (Fsp3) is 0.333. The highest BCUT2D eigenvalue weighted by Gasteiger charge is 2.58. The summed E-state index contributed by atoms with van der Waals surface area (Å²) in [5, 5.41) is 10.8. The Labute approximate surface area is 116 Å². The lowest BCUT2D eigenvalue weighted by Gasteiger charge is -2.27. The first-order chi connectivity index (χ1) is 9.65. The molecule has 5 nitrogen and oxygen atoms in total. The molecule has 0 radical (unpaired) electrons. The number of nitrogens with zero attached hydrogens (tertiary/aromatic N) is 2. The van der Waals surface area contributed by atoms with Gasteiger partial charge in [0.25, 0.3) is 0 Å². The van der Waals surface area contributed by atoms with Gasteiger partial charge in [-0.25, -0.2) is 4.98 Å². The first-order valence-corrected chi connectivity index (χ1v) is 6.74. The number of carbonyl (C=O) groups excluding carboxylic acids is 1. The Morgan fingerprint density at radius 2 is 2.20 bits per heavy atom. The molecule has 4 rings (SSSR count). The van der Waals surface area contributed by atoms with Gasteiger partial charge in [-0.2, -0.15) is 0 Å². The number of nitrogens with two attached hydrogens (primary N) is 1. The second-order valence-electron chi connectivity index (χ2n) is 5.68. The third-order valence-corrected chi connectivity index (χ3v) is 4.67. The van der Waals surface area contributed by atoms with E-state index in [2.05, 4.69) is 4.98 Å². The third kappa shape index (κ3) is 1.30. The van der Waals surface area contributed by atoms with Gasteiger partial charge in [-0.15, -0.1) is 0 Å². The first-order valence-electron chi connectivity index (χ1n) is 6.74. The average Bonchev–Trinajstić information content (AvgIpc) is 3.03. The molecule has 0 bridgehead atoms. The number of aliphatic hydroxyl groups excluding tert-OH is 1. The van der Waals surface area contributed by atoms with E-state index in [1.165, 1.54) is 0 Å². The largest absolute Gasteiger partial charge is 0.389 e. The van der Waals surface area contributed by atoms with E-state index in [0.29, 0.717) is 12.8 Å². The van der Waals surface area contributed by atoms with Crippen LogP contribution in [0.1, 0.15) is 24.4 Å². The summed E-state index contributed by atoms with van der Waals surface area (Å²) < 4.78 is 1.94. The quantitative estimate of drug-likeness (QED) is 0.874. The molecule has 2 atom stereocenters. The predicted molar refractivity (Wildman–Crippen MR) is 72.7 cm³/mol. The van der Waals surface area contributed by atoms with Gasteiger partial charge in [0, 0.05) is 5.56 Å². The smallest absolute Gasteiger partial charge is 0.226 e. The van der Waals surface area contributed by atoms with E-state index in [9.17, 15) is 9.90 Å². The minimum atomic E-state index is -0.809. The van der Waals surface area contributed by atoms with E-state index in [-0.39, 0.29) is 6.04 Å². The summed E-state index contributed by atoms with van der Waals surface area (Å²) in [5.74, 6) is -0.406. The standard InChI is InChI=1S/C15H15N3O2/c16-14(20)15(5-6-15)13(19)12-10-4-2-1-3-9(10)11-7-17-8-18(11)12/h1-4,7-8,12-13,19H,5-6H2,(H2,16,20). The van der Waals surface area contributed by atoms with Crippen LogP contribution in [0.15, 0.2) is 36.8 Å². The lowest BCUT2D eigenvalue weighted by molar-refractivity contribution is -0.128. The van der Waals surface area contributed by atoms with Crippen molar-refractivity contribution in [2.45, 2.75) is 25.0 Å². The molecular formula is C15H15N3O2. The summed E-state index contributed by atoms with van der Waals surface area (Å²) in [6.07, 6.45) is 4.00. The zero-order chi connectivity index (χ0) is 13.9. The van der Waals surface area contributed by atoms with Crippen LogP contribution in [-0.4, -0.2) is 26.7 Å². The zero-order valence-electron chi connectivity index (χ0n) is 10.9. The average molecular weight is 269 g/mol. The van der Waals surface area contributed by atoms with E-state index < -0.39 is 17.4 Å². The Morgan fingerprint density at radius 1 is 1.45 bits per heavy atom. The molecule has 1 aromatic heterocycles. The Bertz CT molecular complexity index is 703. The van der Waals surface area contributed by atoms with Gasteiger partial charge in [-0.3, -0.25) is 4.79 Å². The van der Waals surface area contributed by atoms with Gasteiger partial charge in [0.1, 0.15) is 0 Å². The molecule has 1 aromatic carbocycles. The van der Waals surface area contributed by atoms with Gasteiger partial charge in [0.05, 0.1) is 35.8 Å². The summed E-state index contributed by atoms with van der Waals surface area (Å²) in [5.41, 5.74) is 7.79. The maximum Gasteiger partial charge on any atom is 0.226 e. The minimum absolute atomic E-state index is 0.279. The molecule has 1 amide bonds. The van der Waals surface area contributed by atoms with Gasteiger partial charge in [-0.1, -0.05) is 24.3 Å². The number of imidazole rings is 1. The molecule has 2 heterocycles. The summed E-state index contributed by atoms with van der Waals surface area (Å²) in [4.78, 5) is 15.8. The van der Waals surface area contributed by atoms with Crippen molar-refractivity contribution in [2.24, 2.45) is 11.1 Å². The summed E-state index contributed by atoms with van der Waals surface area (Å²) >= 11 is 0. The molecule has 1 aliphatic heterocycles. The van der Waals surface area contributed by atoms with Gasteiger partial charge in [0.15, 0.2) is 0 Å². The number of rotatable bonds is 3. The van der Waals surface area contributed by atoms with Crippen LogP contribution in [-0.2, 0) is 4.79 Å². The molecule has 1 aliphatic carbocycles. The van der Waals surface area contributed by atoms with Gasteiger partial charge < -0.3 is 15.4 Å². The predicted octanol–water partition coefficient (Wildman–Crippen LogP) is 1.08. The number of hydrogen-bond donors (Lipinski definition) is 2. The first kappa shape index (κ1) is 11.7.